The Morgan fingerprint density at radius 1 is 0.921 bits per heavy atom. The maximum absolute atomic E-state index is 14.0. The van der Waals surface area contributed by atoms with Crippen LogP contribution in [-0.2, 0) is 4.79 Å². The molecule has 188 valence electrons. The molecular formula is C30H19Cl2NO5. The van der Waals surface area contributed by atoms with Crippen molar-refractivity contribution >= 4 is 62.3 Å². The number of methoxy groups -OCH3 is 1. The maximum Gasteiger partial charge on any atom is 0.294 e. The minimum Gasteiger partial charge on any atom is -0.503 e. The number of halogens is 2. The standard InChI is InChI=1S/C30H19Cl2NO5/c1-37-24-15-19(32)13-17-14-23(38-29(17)24)27(34)25-26(22-8-4-6-16-5-2-3-7-21(16)22)33(30(36)28(25)35)20-11-9-18(31)10-12-20/h2-15,26,35H,1H3. The number of carbonyl (C=O) groups excluding carboxylic acids is 2. The summed E-state index contributed by atoms with van der Waals surface area (Å²) in [6, 6.07) is 23.8. The van der Waals surface area contributed by atoms with E-state index in [0.717, 1.165) is 10.8 Å². The number of aliphatic hydroxyl groups excluding tert-OH is 1. The SMILES string of the molecule is COc1cc(Cl)cc2cc(C(=O)C3=C(O)C(=O)N(c4ccc(Cl)cc4)C3c3cccc4ccccc34)oc12. The van der Waals surface area contributed by atoms with Gasteiger partial charge in [-0.2, -0.15) is 0 Å². The quantitative estimate of drug-likeness (QED) is 0.230. The minimum atomic E-state index is -0.930. The Labute approximate surface area is 227 Å². The van der Waals surface area contributed by atoms with Gasteiger partial charge in [0.05, 0.1) is 18.7 Å². The van der Waals surface area contributed by atoms with Crippen molar-refractivity contribution in [1.82, 2.24) is 0 Å². The van der Waals surface area contributed by atoms with Crippen LogP contribution in [0.1, 0.15) is 22.2 Å². The molecule has 0 saturated carbocycles. The highest BCUT2D eigenvalue weighted by molar-refractivity contribution is 6.32. The zero-order chi connectivity index (χ0) is 26.6. The number of amides is 1. The Morgan fingerprint density at radius 3 is 2.42 bits per heavy atom. The topological polar surface area (TPSA) is 80.0 Å². The van der Waals surface area contributed by atoms with Gasteiger partial charge in [-0.1, -0.05) is 65.7 Å². The zero-order valence-corrected chi connectivity index (χ0v) is 21.5. The molecule has 1 aromatic heterocycles. The Balaban J connectivity index is 1.56. The number of furan rings is 1. The molecule has 0 aliphatic carbocycles. The molecule has 2 heterocycles. The van der Waals surface area contributed by atoms with Gasteiger partial charge in [-0.05, 0) is 52.7 Å². The summed E-state index contributed by atoms with van der Waals surface area (Å²) < 4.78 is 11.3. The summed E-state index contributed by atoms with van der Waals surface area (Å²) in [5.74, 6) is -1.67. The second-order valence-electron chi connectivity index (χ2n) is 8.85. The molecule has 6 nitrogen and oxygen atoms in total. The number of ether oxygens (including phenoxy) is 1. The molecule has 5 aromatic rings. The molecular weight excluding hydrogens is 525 g/mol. The first kappa shape index (κ1) is 24.1. The Bertz CT molecular complexity index is 1780. The van der Waals surface area contributed by atoms with Crippen molar-refractivity contribution in [2.75, 3.05) is 12.0 Å². The molecule has 1 aliphatic rings. The van der Waals surface area contributed by atoms with Gasteiger partial charge in [0, 0.05) is 27.2 Å². The van der Waals surface area contributed by atoms with Crippen molar-refractivity contribution in [2.45, 2.75) is 6.04 Å². The van der Waals surface area contributed by atoms with Crippen molar-refractivity contribution in [3.63, 3.8) is 0 Å². The van der Waals surface area contributed by atoms with E-state index < -0.39 is 23.5 Å². The van der Waals surface area contributed by atoms with Crippen LogP contribution in [0.2, 0.25) is 10.0 Å². The van der Waals surface area contributed by atoms with Gasteiger partial charge >= 0.3 is 0 Å². The summed E-state index contributed by atoms with van der Waals surface area (Å²) in [5.41, 5.74) is 1.40. The number of benzene rings is 4. The third kappa shape index (κ3) is 3.81. The largest absolute Gasteiger partial charge is 0.503 e. The number of rotatable bonds is 5. The minimum absolute atomic E-state index is 0.0573. The van der Waals surface area contributed by atoms with E-state index in [1.54, 1.807) is 36.4 Å². The first-order valence-corrected chi connectivity index (χ1v) is 12.4. The van der Waals surface area contributed by atoms with Gasteiger partial charge in [0.15, 0.2) is 22.9 Å². The van der Waals surface area contributed by atoms with Crippen molar-refractivity contribution in [1.29, 1.82) is 0 Å². The van der Waals surface area contributed by atoms with Crippen LogP contribution < -0.4 is 9.64 Å². The molecule has 38 heavy (non-hydrogen) atoms. The van der Waals surface area contributed by atoms with Crippen LogP contribution in [0.15, 0.2) is 101 Å². The second kappa shape index (κ2) is 9.24. The van der Waals surface area contributed by atoms with Crippen molar-refractivity contribution in [2.24, 2.45) is 0 Å². The van der Waals surface area contributed by atoms with Crippen LogP contribution in [0.4, 0.5) is 5.69 Å². The molecule has 0 bridgehead atoms. The van der Waals surface area contributed by atoms with Crippen LogP contribution in [0, 0.1) is 0 Å². The summed E-state index contributed by atoms with van der Waals surface area (Å²) >= 11 is 12.3. The number of Topliss-reactive ketones (excluding diaryl/α,β-unsaturated/α-hetero) is 1. The maximum atomic E-state index is 14.0. The number of fused-ring (bicyclic) bond motifs is 2. The van der Waals surface area contributed by atoms with Gasteiger partial charge in [-0.3, -0.25) is 14.5 Å². The predicted molar refractivity (Wildman–Crippen MR) is 147 cm³/mol. The Kier molecular flexibility index (Phi) is 5.86. The van der Waals surface area contributed by atoms with E-state index in [1.165, 1.54) is 18.1 Å². The van der Waals surface area contributed by atoms with Crippen LogP contribution in [0.3, 0.4) is 0 Å². The Morgan fingerprint density at radius 2 is 1.66 bits per heavy atom. The highest BCUT2D eigenvalue weighted by Crippen LogP contribution is 2.45. The molecule has 0 saturated heterocycles. The molecule has 6 rings (SSSR count). The highest BCUT2D eigenvalue weighted by atomic mass is 35.5. The summed E-state index contributed by atoms with van der Waals surface area (Å²) in [5, 5.41) is 14.4. The summed E-state index contributed by atoms with van der Waals surface area (Å²) in [7, 11) is 1.47. The van der Waals surface area contributed by atoms with E-state index in [9.17, 15) is 14.7 Å². The first-order chi connectivity index (χ1) is 18.4. The van der Waals surface area contributed by atoms with Gasteiger partial charge in [0.2, 0.25) is 5.78 Å². The summed E-state index contributed by atoms with van der Waals surface area (Å²) in [6.45, 7) is 0. The number of hydrogen-bond donors (Lipinski definition) is 1. The molecule has 1 unspecified atom stereocenters. The summed E-state index contributed by atoms with van der Waals surface area (Å²) in [4.78, 5) is 29.0. The van der Waals surface area contributed by atoms with E-state index in [-0.39, 0.29) is 11.3 Å². The van der Waals surface area contributed by atoms with Crippen molar-refractivity contribution in [3.05, 3.63) is 118 Å². The molecule has 0 spiro atoms. The third-order valence-corrected chi connectivity index (χ3v) is 7.14. The van der Waals surface area contributed by atoms with Crippen molar-refractivity contribution in [3.8, 4) is 5.75 Å². The van der Waals surface area contributed by atoms with E-state index in [0.29, 0.717) is 38.0 Å². The van der Waals surface area contributed by atoms with Gasteiger partial charge in [-0.25, -0.2) is 0 Å². The van der Waals surface area contributed by atoms with Crippen LogP contribution in [0.5, 0.6) is 5.75 Å². The first-order valence-electron chi connectivity index (χ1n) is 11.7. The van der Waals surface area contributed by atoms with E-state index in [2.05, 4.69) is 0 Å². The molecule has 1 atom stereocenters. The number of hydrogen-bond acceptors (Lipinski definition) is 5. The molecule has 4 aromatic carbocycles. The lowest BCUT2D eigenvalue weighted by molar-refractivity contribution is -0.117. The lowest BCUT2D eigenvalue weighted by Gasteiger charge is -2.27. The van der Waals surface area contributed by atoms with Gasteiger partial charge in [0.1, 0.15) is 0 Å². The molecule has 0 radical (unpaired) electrons. The fraction of sp³-hybridized carbons (Fsp3) is 0.0667. The molecule has 1 amide bonds. The average Bonchev–Trinajstić information content (AvgIpc) is 3.47. The van der Waals surface area contributed by atoms with Crippen molar-refractivity contribution < 1.29 is 23.8 Å². The Hall–Kier alpha value is -4.26. The predicted octanol–water partition coefficient (Wildman–Crippen LogP) is 7.68. The number of aliphatic hydroxyl groups is 1. The lowest BCUT2D eigenvalue weighted by atomic mass is 9.91. The average molecular weight is 544 g/mol. The smallest absolute Gasteiger partial charge is 0.294 e. The molecule has 1 N–H and O–H groups in total. The normalized spacial score (nSPS) is 15.6. The van der Waals surface area contributed by atoms with E-state index >= 15 is 0 Å². The molecule has 0 fully saturated rings. The van der Waals surface area contributed by atoms with Crippen LogP contribution in [-0.4, -0.2) is 23.9 Å². The van der Waals surface area contributed by atoms with Gasteiger partial charge in [0.25, 0.3) is 5.91 Å². The molecule has 8 heteroatoms. The highest BCUT2D eigenvalue weighted by Gasteiger charge is 2.46. The fourth-order valence-corrected chi connectivity index (χ4v) is 5.31. The fourth-order valence-electron chi connectivity index (χ4n) is 4.97. The number of carbonyl (C=O) groups is 2. The second-order valence-corrected chi connectivity index (χ2v) is 9.72. The number of anilines is 1. The number of ketones is 1. The van der Waals surface area contributed by atoms with Gasteiger partial charge in [-0.15, -0.1) is 0 Å². The summed E-state index contributed by atoms with van der Waals surface area (Å²) in [6.07, 6.45) is 0. The van der Waals surface area contributed by atoms with E-state index in [4.69, 9.17) is 32.4 Å². The zero-order valence-electron chi connectivity index (χ0n) is 19.9. The van der Waals surface area contributed by atoms with Crippen LogP contribution >= 0.6 is 23.2 Å². The van der Waals surface area contributed by atoms with Gasteiger partial charge < -0.3 is 14.3 Å². The van der Waals surface area contributed by atoms with E-state index in [1.807, 2.05) is 42.5 Å². The van der Waals surface area contributed by atoms with Crippen LogP contribution in [0.25, 0.3) is 21.7 Å². The monoisotopic (exact) mass is 543 g/mol. The lowest BCUT2D eigenvalue weighted by Crippen LogP contribution is -2.31. The number of nitrogens with zero attached hydrogens (tertiary/aromatic N) is 1. The third-order valence-electron chi connectivity index (χ3n) is 6.67. The molecule has 1 aliphatic heterocycles.